The monoisotopic (exact) mass is 378 g/mol. The van der Waals surface area contributed by atoms with Gasteiger partial charge in [-0.1, -0.05) is 35.0 Å². The SMILES string of the molecule is NS(=O)(=O)c1cc([N+](=O)[O-])ccc1Sc1cc(Cl)cc(Cl)c1. The minimum atomic E-state index is -4.12. The summed E-state index contributed by atoms with van der Waals surface area (Å²) in [7, 11) is -4.12. The van der Waals surface area contributed by atoms with E-state index in [4.69, 9.17) is 28.3 Å². The number of halogens is 2. The second-order valence-corrected chi connectivity index (χ2v) is 7.66. The molecule has 0 amide bonds. The topological polar surface area (TPSA) is 103 Å². The number of rotatable bonds is 4. The first-order valence-corrected chi connectivity index (χ1v) is 8.74. The summed E-state index contributed by atoms with van der Waals surface area (Å²) in [5.74, 6) is 0. The number of sulfonamides is 1. The van der Waals surface area contributed by atoms with Gasteiger partial charge >= 0.3 is 0 Å². The lowest BCUT2D eigenvalue weighted by atomic mass is 10.3. The molecule has 10 heteroatoms. The number of nitro benzene ring substituents is 1. The van der Waals surface area contributed by atoms with Gasteiger partial charge in [0.25, 0.3) is 5.69 Å². The Morgan fingerprint density at radius 3 is 2.18 bits per heavy atom. The molecule has 2 aromatic carbocycles. The quantitative estimate of drug-likeness (QED) is 0.644. The maximum absolute atomic E-state index is 11.6. The van der Waals surface area contributed by atoms with Gasteiger partial charge in [-0.15, -0.1) is 0 Å². The summed E-state index contributed by atoms with van der Waals surface area (Å²) in [5, 5.41) is 16.7. The van der Waals surface area contributed by atoms with Crippen LogP contribution in [-0.4, -0.2) is 13.3 Å². The maximum Gasteiger partial charge on any atom is 0.270 e. The molecule has 0 aliphatic rings. The third-order valence-electron chi connectivity index (χ3n) is 2.51. The molecule has 0 spiro atoms. The predicted molar refractivity (Wildman–Crippen MR) is 85.1 cm³/mol. The number of benzene rings is 2. The van der Waals surface area contributed by atoms with Gasteiger partial charge in [-0.3, -0.25) is 10.1 Å². The van der Waals surface area contributed by atoms with Crippen LogP contribution in [-0.2, 0) is 10.0 Å². The molecule has 0 saturated carbocycles. The molecule has 116 valence electrons. The van der Waals surface area contributed by atoms with Crippen molar-refractivity contribution in [3.8, 4) is 0 Å². The van der Waals surface area contributed by atoms with Gasteiger partial charge in [-0.05, 0) is 24.3 Å². The van der Waals surface area contributed by atoms with E-state index in [1.165, 1.54) is 18.2 Å². The summed E-state index contributed by atoms with van der Waals surface area (Å²) in [6.07, 6.45) is 0. The van der Waals surface area contributed by atoms with Crippen LogP contribution in [0, 0.1) is 10.1 Å². The number of non-ortho nitro benzene ring substituents is 1. The highest BCUT2D eigenvalue weighted by molar-refractivity contribution is 8.00. The van der Waals surface area contributed by atoms with Gasteiger partial charge in [0.15, 0.2) is 0 Å². The van der Waals surface area contributed by atoms with Crippen LogP contribution in [0.4, 0.5) is 5.69 Å². The lowest BCUT2D eigenvalue weighted by Gasteiger charge is -2.08. The molecule has 0 unspecified atom stereocenters. The zero-order valence-electron chi connectivity index (χ0n) is 10.7. The molecule has 0 aromatic heterocycles. The largest absolute Gasteiger partial charge is 0.270 e. The smallest absolute Gasteiger partial charge is 0.258 e. The summed E-state index contributed by atoms with van der Waals surface area (Å²) in [6, 6.07) is 8.15. The minimum Gasteiger partial charge on any atom is -0.258 e. The molecule has 0 atom stereocenters. The molecule has 22 heavy (non-hydrogen) atoms. The molecule has 2 aromatic rings. The third-order valence-corrected chi connectivity index (χ3v) is 5.07. The first-order valence-electron chi connectivity index (χ1n) is 5.62. The lowest BCUT2D eigenvalue weighted by Crippen LogP contribution is -2.13. The first kappa shape index (κ1) is 17.0. The number of hydrogen-bond donors (Lipinski definition) is 1. The van der Waals surface area contributed by atoms with E-state index in [0.29, 0.717) is 14.9 Å². The van der Waals surface area contributed by atoms with Crippen molar-refractivity contribution in [2.75, 3.05) is 0 Å². The highest BCUT2D eigenvalue weighted by Gasteiger charge is 2.19. The third kappa shape index (κ3) is 4.11. The second kappa shape index (κ2) is 6.43. The first-order chi connectivity index (χ1) is 10.2. The number of nitrogens with zero attached hydrogens (tertiary/aromatic N) is 1. The highest BCUT2D eigenvalue weighted by Crippen LogP contribution is 2.36. The van der Waals surface area contributed by atoms with E-state index < -0.39 is 14.9 Å². The van der Waals surface area contributed by atoms with Gasteiger partial charge < -0.3 is 0 Å². The maximum atomic E-state index is 11.6. The summed E-state index contributed by atoms with van der Waals surface area (Å²) < 4.78 is 23.3. The van der Waals surface area contributed by atoms with Crippen molar-refractivity contribution in [3.05, 3.63) is 56.6 Å². The highest BCUT2D eigenvalue weighted by atomic mass is 35.5. The molecule has 6 nitrogen and oxygen atoms in total. The van der Waals surface area contributed by atoms with Crippen molar-refractivity contribution in [1.29, 1.82) is 0 Å². The van der Waals surface area contributed by atoms with E-state index in [9.17, 15) is 18.5 Å². The molecule has 0 fully saturated rings. The molecule has 2 N–H and O–H groups in total. The number of primary sulfonamides is 1. The molecule has 0 aliphatic heterocycles. The number of hydrogen-bond acceptors (Lipinski definition) is 5. The zero-order chi connectivity index (χ0) is 16.5. The van der Waals surface area contributed by atoms with Crippen molar-refractivity contribution in [2.24, 2.45) is 5.14 Å². The Morgan fingerprint density at radius 2 is 1.68 bits per heavy atom. The van der Waals surface area contributed by atoms with Crippen LogP contribution >= 0.6 is 35.0 Å². The van der Waals surface area contributed by atoms with Crippen molar-refractivity contribution in [3.63, 3.8) is 0 Å². The molecule has 0 heterocycles. The van der Waals surface area contributed by atoms with Gasteiger partial charge in [-0.2, -0.15) is 0 Å². The fourth-order valence-electron chi connectivity index (χ4n) is 1.63. The molecule has 0 saturated heterocycles. The van der Waals surface area contributed by atoms with Gasteiger partial charge in [0, 0.05) is 32.0 Å². The van der Waals surface area contributed by atoms with E-state index in [0.717, 1.165) is 17.8 Å². The molecular formula is C12H8Cl2N2O4S2. The molecular weight excluding hydrogens is 371 g/mol. The van der Waals surface area contributed by atoms with E-state index >= 15 is 0 Å². The number of nitrogens with two attached hydrogens (primary N) is 1. The average Bonchev–Trinajstić information content (AvgIpc) is 2.36. The van der Waals surface area contributed by atoms with E-state index in [-0.39, 0.29) is 15.5 Å². The minimum absolute atomic E-state index is 0.242. The fourth-order valence-corrected chi connectivity index (χ4v) is 4.32. The van der Waals surface area contributed by atoms with Crippen LogP contribution < -0.4 is 5.14 Å². The van der Waals surface area contributed by atoms with E-state index in [2.05, 4.69) is 0 Å². The van der Waals surface area contributed by atoms with Gasteiger partial charge in [0.05, 0.1) is 4.92 Å². The predicted octanol–water partition coefficient (Wildman–Crippen LogP) is 3.70. The van der Waals surface area contributed by atoms with E-state index in [1.54, 1.807) is 12.1 Å². The Morgan fingerprint density at radius 1 is 1.09 bits per heavy atom. The second-order valence-electron chi connectivity index (χ2n) is 4.14. The Bertz CT molecular complexity index is 836. The Labute approximate surface area is 140 Å². The van der Waals surface area contributed by atoms with Crippen molar-refractivity contribution >= 4 is 50.7 Å². The Balaban J connectivity index is 2.53. The zero-order valence-corrected chi connectivity index (χ0v) is 13.8. The fraction of sp³-hybridized carbons (Fsp3) is 0. The summed E-state index contributed by atoms with van der Waals surface area (Å²) >= 11 is 12.8. The van der Waals surface area contributed by atoms with Crippen molar-refractivity contribution in [1.82, 2.24) is 0 Å². The van der Waals surface area contributed by atoms with Crippen LogP contribution in [0.15, 0.2) is 51.1 Å². The van der Waals surface area contributed by atoms with Crippen LogP contribution in [0.2, 0.25) is 10.0 Å². The van der Waals surface area contributed by atoms with Gasteiger partial charge in [-0.25, -0.2) is 13.6 Å². The van der Waals surface area contributed by atoms with Crippen LogP contribution in [0.5, 0.6) is 0 Å². The van der Waals surface area contributed by atoms with Crippen LogP contribution in [0.3, 0.4) is 0 Å². The number of nitro groups is 1. The molecule has 0 bridgehead atoms. The van der Waals surface area contributed by atoms with Crippen molar-refractivity contribution < 1.29 is 13.3 Å². The Kier molecular flexibility index (Phi) is 4.98. The molecule has 0 aliphatic carbocycles. The van der Waals surface area contributed by atoms with Gasteiger partial charge in [0.1, 0.15) is 4.90 Å². The lowest BCUT2D eigenvalue weighted by molar-refractivity contribution is -0.385. The molecule has 2 rings (SSSR count). The average molecular weight is 379 g/mol. The molecule has 0 radical (unpaired) electrons. The van der Waals surface area contributed by atoms with Crippen LogP contribution in [0.1, 0.15) is 0 Å². The Hall–Kier alpha value is -1.32. The standard InChI is InChI=1S/C12H8Cl2N2O4S2/c13-7-3-8(14)5-10(4-7)21-11-2-1-9(16(17)18)6-12(11)22(15,19)20/h1-6H,(H2,15,19,20). The van der Waals surface area contributed by atoms with Crippen molar-refractivity contribution in [2.45, 2.75) is 14.7 Å². The van der Waals surface area contributed by atoms with Gasteiger partial charge in [0.2, 0.25) is 10.0 Å². The summed E-state index contributed by atoms with van der Waals surface area (Å²) in [4.78, 5) is 10.6. The summed E-state index contributed by atoms with van der Waals surface area (Å²) in [5.41, 5.74) is -0.363. The van der Waals surface area contributed by atoms with E-state index in [1.807, 2.05) is 0 Å². The summed E-state index contributed by atoms with van der Waals surface area (Å²) in [6.45, 7) is 0. The van der Waals surface area contributed by atoms with Crippen LogP contribution in [0.25, 0.3) is 0 Å². The normalized spacial score (nSPS) is 11.4.